The number of nitrogens with one attached hydrogen (secondary N) is 1. The van der Waals surface area contributed by atoms with E-state index in [9.17, 15) is 14.4 Å². The third kappa shape index (κ3) is 4.26. The predicted octanol–water partition coefficient (Wildman–Crippen LogP) is 1.07. The van der Waals surface area contributed by atoms with Gasteiger partial charge in [-0.15, -0.1) is 0 Å². The van der Waals surface area contributed by atoms with Crippen molar-refractivity contribution in [3.8, 4) is 0 Å². The summed E-state index contributed by atoms with van der Waals surface area (Å²) in [6.45, 7) is 4.47. The number of aryl methyl sites for hydroxylation is 1. The molecular formula is C21H27N5O3. The molecule has 1 aromatic carbocycles. The maximum absolute atomic E-state index is 12.4. The Kier molecular flexibility index (Phi) is 6.21. The Bertz CT molecular complexity index is 1110. The van der Waals surface area contributed by atoms with Crippen LogP contribution in [0.4, 0.5) is 5.69 Å². The Balaban J connectivity index is 1.59. The minimum absolute atomic E-state index is 0.0557. The van der Waals surface area contributed by atoms with Gasteiger partial charge in [0.2, 0.25) is 5.91 Å². The molecule has 8 heteroatoms. The summed E-state index contributed by atoms with van der Waals surface area (Å²) in [5, 5.41) is 3.34. The van der Waals surface area contributed by atoms with Crippen molar-refractivity contribution in [2.45, 2.75) is 19.9 Å². The number of carbonyl (C=O) groups is 1. The molecule has 8 nitrogen and oxygen atoms in total. The SMILES string of the molecule is CCN(CCCNC(=O)Cn1ccc2c(=O)n(C)c(=O)n(C)c21)c1ccccc1. The molecule has 1 N–H and O–H groups in total. The molecule has 0 aliphatic carbocycles. The van der Waals surface area contributed by atoms with Crippen LogP contribution in [0, 0.1) is 0 Å². The van der Waals surface area contributed by atoms with Crippen LogP contribution < -0.4 is 21.5 Å². The van der Waals surface area contributed by atoms with E-state index in [1.54, 1.807) is 23.9 Å². The summed E-state index contributed by atoms with van der Waals surface area (Å²) in [5.41, 5.74) is 0.850. The number of carbonyl (C=O) groups excluding carboxylic acids is 1. The Morgan fingerprint density at radius 3 is 2.48 bits per heavy atom. The molecule has 2 heterocycles. The van der Waals surface area contributed by atoms with Gasteiger partial charge in [0, 0.05) is 45.6 Å². The second-order valence-electron chi connectivity index (χ2n) is 7.01. The molecule has 3 rings (SSSR count). The third-order valence-electron chi connectivity index (χ3n) is 5.10. The molecule has 2 aromatic heterocycles. The topological polar surface area (TPSA) is 81.3 Å². The number of hydrogen-bond donors (Lipinski definition) is 1. The highest BCUT2D eigenvalue weighted by Gasteiger charge is 2.14. The maximum Gasteiger partial charge on any atom is 0.332 e. The van der Waals surface area contributed by atoms with Crippen molar-refractivity contribution in [2.75, 3.05) is 24.5 Å². The number of para-hydroxylation sites is 1. The molecular weight excluding hydrogens is 370 g/mol. The first kappa shape index (κ1) is 20.4. The monoisotopic (exact) mass is 397 g/mol. The number of aromatic nitrogens is 3. The molecule has 29 heavy (non-hydrogen) atoms. The van der Waals surface area contributed by atoms with Crippen LogP contribution in [-0.4, -0.2) is 39.2 Å². The van der Waals surface area contributed by atoms with Gasteiger partial charge in [-0.2, -0.15) is 0 Å². The standard InChI is InChI=1S/C21H27N5O3/c1-4-25(16-9-6-5-7-10-16)13-8-12-22-18(27)15-26-14-11-17-19(26)23(2)21(29)24(3)20(17)28/h5-7,9-11,14H,4,8,12-13,15H2,1-3H3,(H,22,27). The number of benzene rings is 1. The highest BCUT2D eigenvalue weighted by atomic mass is 16.2. The predicted molar refractivity (Wildman–Crippen MR) is 114 cm³/mol. The van der Waals surface area contributed by atoms with E-state index in [4.69, 9.17) is 0 Å². The third-order valence-corrected chi connectivity index (χ3v) is 5.10. The van der Waals surface area contributed by atoms with Gasteiger partial charge in [-0.05, 0) is 31.5 Å². The fourth-order valence-electron chi connectivity index (χ4n) is 3.53. The first-order valence-corrected chi connectivity index (χ1v) is 9.75. The van der Waals surface area contributed by atoms with Gasteiger partial charge in [0.05, 0.1) is 5.39 Å². The quantitative estimate of drug-likeness (QED) is 0.577. The van der Waals surface area contributed by atoms with Gasteiger partial charge in [-0.25, -0.2) is 4.79 Å². The number of fused-ring (bicyclic) bond motifs is 1. The van der Waals surface area contributed by atoms with Gasteiger partial charge in [-0.1, -0.05) is 18.2 Å². The molecule has 0 unspecified atom stereocenters. The molecule has 0 radical (unpaired) electrons. The average Bonchev–Trinajstić information content (AvgIpc) is 3.15. The summed E-state index contributed by atoms with van der Waals surface area (Å²) in [5.74, 6) is -0.154. The molecule has 154 valence electrons. The van der Waals surface area contributed by atoms with E-state index in [1.165, 1.54) is 17.3 Å². The van der Waals surface area contributed by atoms with Crippen LogP contribution in [0.3, 0.4) is 0 Å². The summed E-state index contributed by atoms with van der Waals surface area (Å²) < 4.78 is 4.09. The highest BCUT2D eigenvalue weighted by molar-refractivity contribution is 5.80. The lowest BCUT2D eigenvalue weighted by atomic mass is 10.2. The normalized spacial score (nSPS) is 11.0. The van der Waals surface area contributed by atoms with Crippen molar-refractivity contribution in [1.29, 1.82) is 0 Å². The van der Waals surface area contributed by atoms with Gasteiger partial charge in [0.25, 0.3) is 5.56 Å². The zero-order valence-corrected chi connectivity index (χ0v) is 17.1. The van der Waals surface area contributed by atoms with E-state index in [0.29, 0.717) is 17.6 Å². The van der Waals surface area contributed by atoms with Crippen molar-refractivity contribution >= 4 is 22.6 Å². The van der Waals surface area contributed by atoms with Crippen LogP contribution in [0.25, 0.3) is 11.0 Å². The largest absolute Gasteiger partial charge is 0.372 e. The summed E-state index contributed by atoms with van der Waals surface area (Å²) >= 11 is 0. The lowest BCUT2D eigenvalue weighted by Gasteiger charge is -2.23. The second-order valence-corrected chi connectivity index (χ2v) is 7.01. The molecule has 1 amide bonds. The van der Waals surface area contributed by atoms with E-state index in [1.807, 2.05) is 18.2 Å². The number of rotatable bonds is 8. The van der Waals surface area contributed by atoms with E-state index < -0.39 is 5.69 Å². The van der Waals surface area contributed by atoms with E-state index in [0.717, 1.165) is 24.1 Å². The highest BCUT2D eigenvalue weighted by Crippen LogP contribution is 2.13. The average molecular weight is 397 g/mol. The van der Waals surface area contributed by atoms with Crippen molar-refractivity contribution in [3.05, 3.63) is 63.4 Å². The zero-order valence-electron chi connectivity index (χ0n) is 17.1. The van der Waals surface area contributed by atoms with Crippen molar-refractivity contribution < 1.29 is 4.79 Å². The molecule has 0 fully saturated rings. The summed E-state index contributed by atoms with van der Waals surface area (Å²) in [6, 6.07) is 11.8. The Hall–Kier alpha value is -3.29. The van der Waals surface area contributed by atoms with Crippen molar-refractivity contribution in [2.24, 2.45) is 14.1 Å². The molecule has 0 aliphatic rings. The molecule has 0 saturated carbocycles. The van der Waals surface area contributed by atoms with Gasteiger partial charge in [0.15, 0.2) is 0 Å². The number of anilines is 1. The van der Waals surface area contributed by atoms with Crippen LogP contribution in [0.15, 0.2) is 52.2 Å². The van der Waals surface area contributed by atoms with Gasteiger partial charge in [-0.3, -0.25) is 18.7 Å². The lowest BCUT2D eigenvalue weighted by molar-refractivity contribution is -0.121. The minimum atomic E-state index is -0.413. The summed E-state index contributed by atoms with van der Waals surface area (Å²) in [7, 11) is 3.05. The molecule has 0 bridgehead atoms. The van der Waals surface area contributed by atoms with Crippen LogP contribution in [-0.2, 0) is 25.4 Å². The smallest absolute Gasteiger partial charge is 0.332 e. The Labute approximate surface area is 169 Å². The fourth-order valence-corrected chi connectivity index (χ4v) is 3.53. The van der Waals surface area contributed by atoms with Crippen molar-refractivity contribution in [3.63, 3.8) is 0 Å². The Morgan fingerprint density at radius 2 is 1.79 bits per heavy atom. The van der Waals surface area contributed by atoms with Gasteiger partial charge in [0.1, 0.15) is 12.2 Å². The number of hydrogen-bond acceptors (Lipinski definition) is 4. The van der Waals surface area contributed by atoms with E-state index >= 15 is 0 Å². The Morgan fingerprint density at radius 1 is 1.07 bits per heavy atom. The van der Waals surface area contributed by atoms with Gasteiger partial charge >= 0.3 is 5.69 Å². The molecule has 3 aromatic rings. The first-order valence-electron chi connectivity index (χ1n) is 9.75. The van der Waals surface area contributed by atoms with Crippen LogP contribution >= 0.6 is 0 Å². The summed E-state index contributed by atoms with van der Waals surface area (Å²) in [6.07, 6.45) is 2.49. The number of nitrogens with zero attached hydrogens (tertiary/aromatic N) is 4. The van der Waals surface area contributed by atoms with Crippen LogP contribution in [0.2, 0.25) is 0 Å². The fraction of sp³-hybridized carbons (Fsp3) is 0.381. The van der Waals surface area contributed by atoms with Crippen LogP contribution in [0.1, 0.15) is 13.3 Å². The minimum Gasteiger partial charge on any atom is -0.372 e. The molecule has 0 atom stereocenters. The lowest BCUT2D eigenvalue weighted by Crippen LogP contribution is -2.37. The summed E-state index contributed by atoms with van der Waals surface area (Å²) in [4.78, 5) is 39.0. The van der Waals surface area contributed by atoms with Gasteiger partial charge < -0.3 is 14.8 Å². The molecule has 0 saturated heterocycles. The first-order chi connectivity index (χ1) is 13.9. The maximum atomic E-state index is 12.4. The zero-order chi connectivity index (χ0) is 21.0. The van der Waals surface area contributed by atoms with Crippen LogP contribution in [0.5, 0.6) is 0 Å². The van der Waals surface area contributed by atoms with Crippen molar-refractivity contribution in [1.82, 2.24) is 19.0 Å². The molecule has 0 aliphatic heterocycles. The van der Waals surface area contributed by atoms with E-state index in [-0.39, 0.29) is 18.0 Å². The van der Waals surface area contributed by atoms with E-state index in [2.05, 4.69) is 29.3 Å². The molecule has 0 spiro atoms. The second kappa shape index (κ2) is 8.81. The number of amides is 1.